The summed E-state index contributed by atoms with van der Waals surface area (Å²) >= 11 is 6.41. The summed E-state index contributed by atoms with van der Waals surface area (Å²) in [7, 11) is 1.92. The zero-order valence-corrected chi connectivity index (χ0v) is 12.6. The molecule has 2 atom stereocenters. The number of rotatable bonds is 4. The van der Waals surface area contributed by atoms with E-state index >= 15 is 0 Å². The van der Waals surface area contributed by atoms with Crippen LogP contribution in [0, 0.1) is 5.41 Å². The zero-order valence-electron chi connectivity index (χ0n) is 11.8. The first kappa shape index (κ1) is 14.8. The van der Waals surface area contributed by atoms with Crippen molar-refractivity contribution in [1.29, 1.82) is 0 Å². The van der Waals surface area contributed by atoms with E-state index in [2.05, 4.69) is 5.10 Å². The van der Waals surface area contributed by atoms with Crippen LogP contribution in [-0.4, -0.2) is 27.5 Å². The van der Waals surface area contributed by atoms with Gasteiger partial charge in [-0.2, -0.15) is 5.10 Å². The molecular formula is C14H24ClN3O. The van der Waals surface area contributed by atoms with Gasteiger partial charge in [-0.1, -0.05) is 31.4 Å². The molecule has 0 saturated heterocycles. The highest BCUT2D eigenvalue weighted by atomic mass is 35.5. The molecule has 4 nitrogen and oxygen atoms in total. The third kappa shape index (κ3) is 2.67. The predicted octanol–water partition coefficient (Wildman–Crippen LogP) is 2.06. The molecule has 0 bridgehead atoms. The minimum Gasteiger partial charge on any atom is -0.392 e. The zero-order chi connectivity index (χ0) is 14.0. The van der Waals surface area contributed by atoms with Crippen molar-refractivity contribution in [3.63, 3.8) is 0 Å². The molecule has 5 heteroatoms. The maximum atomic E-state index is 10.4. The number of aliphatic hydroxyl groups is 1. The molecule has 1 aliphatic carbocycles. The van der Waals surface area contributed by atoms with Crippen molar-refractivity contribution in [1.82, 2.24) is 9.78 Å². The summed E-state index contributed by atoms with van der Waals surface area (Å²) in [6.45, 7) is 2.54. The van der Waals surface area contributed by atoms with Crippen LogP contribution in [0.25, 0.3) is 0 Å². The van der Waals surface area contributed by atoms with E-state index in [9.17, 15) is 5.11 Å². The molecule has 2 rings (SSSR count). The Balaban J connectivity index is 2.30. The van der Waals surface area contributed by atoms with Crippen molar-refractivity contribution in [3.8, 4) is 0 Å². The number of aliphatic hydroxyl groups excluding tert-OH is 1. The average Bonchev–Trinajstić information content (AvgIpc) is 2.68. The van der Waals surface area contributed by atoms with E-state index in [1.807, 2.05) is 18.7 Å². The number of nitrogens with two attached hydrogens (primary N) is 1. The minimum atomic E-state index is -0.331. The van der Waals surface area contributed by atoms with Crippen LogP contribution in [0.5, 0.6) is 0 Å². The second-order valence-electron chi connectivity index (χ2n) is 5.69. The van der Waals surface area contributed by atoms with Gasteiger partial charge in [-0.25, -0.2) is 0 Å². The molecule has 108 valence electrons. The van der Waals surface area contributed by atoms with Crippen LogP contribution in [0.3, 0.4) is 0 Å². The fraction of sp³-hybridized carbons (Fsp3) is 0.786. The van der Waals surface area contributed by atoms with E-state index in [-0.39, 0.29) is 11.5 Å². The summed E-state index contributed by atoms with van der Waals surface area (Å²) < 4.78 is 1.85. The summed E-state index contributed by atoms with van der Waals surface area (Å²) in [6, 6.07) is 0. The maximum absolute atomic E-state index is 10.4. The summed E-state index contributed by atoms with van der Waals surface area (Å²) in [5, 5.41) is 15.6. The number of hydrogen-bond acceptors (Lipinski definition) is 3. The van der Waals surface area contributed by atoms with E-state index in [0.717, 1.165) is 48.5 Å². The van der Waals surface area contributed by atoms with Crippen molar-refractivity contribution < 1.29 is 5.11 Å². The van der Waals surface area contributed by atoms with E-state index in [0.29, 0.717) is 13.0 Å². The van der Waals surface area contributed by atoms with Gasteiger partial charge in [0, 0.05) is 25.4 Å². The molecule has 0 aliphatic heterocycles. The molecule has 1 aliphatic rings. The maximum Gasteiger partial charge on any atom is 0.0849 e. The van der Waals surface area contributed by atoms with Gasteiger partial charge in [0.2, 0.25) is 0 Å². The summed E-state index contributed by atoms with van der Waals surface area (Å²) in [4.78, 5) is 0. The van der Waals surface area contributed by atoms with Crippen LogP contribution in [0.15, 0.2) is 0 Å². The molecule has 2 unspecified atom stereocenters. The van der Waals surface area contributed by atoms with E-state index in [4.69, 9.17) is 17.3 Å². The molecular weight excluding hydrogens is 262 g/mol. The van der Waals surface area contributed by atoms with Gasteiger partial charge in [0.1, 0.15) is 0 Å². The van der Waals surface area contributed by atoms with Gasteiger partial charge in [0.25, 0.3) is 0 Å². The van der Waals surface area contributed by atoms with Crippen molar-refractivity contribution >= 4 is 11.6 Å². The van der Waals surface area contributed by atoms with Crippen molar-refractivity contribution in [3.05, 3.63) is 16.4 Å². The molecule has 1 fully saturated rings. The number of aromatic nitrogens is 2. The average molecular weight is 286 g/mol. The van der Waals surface area contributed by atoms with Crippen LogP contribution in [-0.2, 0) is 19.9 Å². The lowest BCUT2D eigenvalue weighted by Crippen LogP contribution is -2.46. The molecule has 1 heterocycles. The lowest BCUT2D eigenvalue weighted by molar-refractivity contribution is -0.00693. The molecule has 0 amide bonds. The Morgan fingerprint density at radius 3 is 2.79 bits per heavy atom. The van der Waals surface area contributed by atoms with Crippen LogP contribution >= 0.6 is 11.6 Å². The van der Waals surface area contributed by atoms with Crippen LogP contribution in [0.4, 0.5) is 0 Å². The largest absolute Gasteiger partial charge is 0.392 e. The Bertz CT molecular complexity index is 446. The third-order valence-electron chi connectivity index (χ3n) is 4.54. The quantitative estimate of drug-likeness (QED) is 0.890. The molecule has 0 radical (unpaired) electrons. The normalized spacial score (nSPS) is 27.7. The topological polar surface area (TPSA) is 64.1 Å². The summed E-state index contributed by atoms with van der Waals surface area (Å²) in [5.74, 6) is 0. The summed E-state index contributed by atoms with van der Waals surface area (Å²) in [5.41, 5.74) is 7.68. The third-order valence-corrected chi connectivity index (χ3v) is 4.97. The number of nitrogens with zero attached hydrogens (tertiary/aromatic N) is 2. The highest BCUT2D eigenvalue weighted by Gasteiger charge is 2.40. The van der Waals surface area contributed by atoms with Gasteiger partial charge >= 0.3 is 0 Å². The van der Waals surface area contributed by atoms with E-state index < -0.39 is 0 Å². The minimum absolute atomic E-state index is 0.235. The van der Waals surface area contributed by atoms with Crippen LogP contribution in [0.2, 0.25) is 5.02 Å². The van der Waals surface area contributed by atoms with E-state index in [1.165, 1.54) is 0 Å². The smallest absolute Gasteiger partial charge is 0.0849 e. The van der Waals surface area contributed by atoms with Crippen molar-refractivity contribution in [2.45, 2.75) is 51.6 Å². The van der Waals surface area contributed by atoms with Gasteiger partial charge in [0.05, 0.1) is 22.5 Å². The number of aryl methyl sites for hydroxylation is 2. The number of halogens is 1. The Hall–Kier alpha value is -0.580. The number of hydrogen-bond donors (Lipinski definition) is 2. The first-order valence-electron chi connectivity index (χ1n) is 7.12. The lowest BCUT2D eigenvalue weighted by Gasteiger charge is -2.40. The lowest BCUT2D eigenvalue weighted by atomic mass is 9.69. The molecule has 0 aromatic carbocycles. The van der Waals surface area contributed by atoms with Gasteiger partial charge in [-0.05, 0) is 19.3 Å². The van der Waals surface area contributed by atoms with Crippen LogP contribution < -0.4 is 5.73 Å². The fourth-order valence-corrected chi connectivity index (χ4v) is 3.51. The molecule has 0 spiro atoms. The highest BCUT2D eigenvalue weighted by Crippen LogP contribution is 2.40. The fourth-order valence-electron chi connectivity index (χ4n) is 3.15. The van der Waals surface area contributed by atoms with Gasteiger partial charge < -0.3 is 10.8 Å². The van der Waals surface area contributed by atoms with Gasteiger partial charge in [-0.15, -0.1) is 0 Å². The Kier molecular flexibility index (Phi) is 4.54. The SMILES string of the molecule is CCc1nn(C)c(CC2(CN)CCCCC2O)c1Cl. The van der Waals surface area contributed by atoms with Crippen LogP contribution in [0.1, 0.15) is 44.0 Å². The van der Waals surface area contributed by atoms with Crippen molar-refractivity contribution in [2.75, 3.05) is 6.54 Å². The Morgan fingerprint density at radius 2 is 2.26 bits per heavy atom. The molecule has 1 saturated carbocycles. The molecule has 3 N–H and O–H groups in total. The standard InChI is InChI=1S/C14H24ClN3O/c1-3-10-13(15)11(18(2)17-10)8-14(9-16)7-5-4-6-12(14)19/h12,19H,3-9,16H2,1-2H3. The van der Waals surface area contributed by atoms with Crippen molar-refractivity contribution in [2.24, 2.45) is 18.2 Å². The second kappa shape index (κ2) is 5.81. The highest BCUT2D eigenvalue weighted by molar-refractivity contribution is 6.31. The molecule has 19 heavy (non-hydrogen) atoms. The monoisotopic (exact) mass is 285 g/mol. The predicted molar refractivity (Wildman–Crippen MR) is 77.3 cm³/mol. The second-order valence-corrected chi connectivity index (χ2v) is 6.07. The Morgan fingerprint density at radius 1 is 1.53 bits per heavy atom. The molecule has 1 aromatic heterocycles. The van der Waals surface area contributed by atoms with Gasteiger partial charge in [0.15, 0.2) is 0 Å². The van der Waals surface area contributed by atoms with E-state index in [1.54, 1.807) is 0 Å². The Labute approximate surface area is 119 Å². The summed E-state index contributed by atoms with van der Waals surface area (Å²) in [6.07, 6.45) is 5.23. The first-order valence-corrected chi connectivity index (χ1v) is 7.50. The molecule has 1 aromatic rings. The van der Waals surface area contributed by atoms with Gasteiger partial charge in [-0.3, -0.25) is 4.68 Å². The first-order chi connectivity index (χ1) is 9.04.